The van der Waals surface area contributed by atoms with Crippen molar-refractivity contribution in [3.63, 3.8) is 0 Å². The average molecular weight is 214 g/mol. The van der Waals surface area contributed by atoms with Crippen LogP contribution < -0.4 is 5.32 Å². The Kier molecular flexibility index (Phi) is 5.05. The van der Waals surface area contributed by atoms with Crippen LogP contribution >= 0.6 is 0 Å². The minimum absolute atomic E-state index is 0.282. The van der Waals surface area contributed by atoms with Gasteiger partial charge < -0.3 is 10.4 Å². The van der Waals surface area contributed by atoms with E-state index >= 15 is 0 Å². The molecule has 15 heavy (non-hydrogen) atoms. The number of aliphatic carboxylic acids is 1. The molecule has 0 aliphatic carbocycles. The molecule has 2 N–H and O–H groups in total. The van der Waals surface area contributed by atoms with E-state index in [-0.39, 0.29) is 6.04 Å². The quantitative estimate of drug-likeness (QED) is 0.690. The van der Waals surface area contributed by atoms with E-state index in [1.807, 2.05) is 14.0 Å². The molecule has 0 radical (unpaired) electrons. The van der Waals surface area contributed by atoms with Gasteiger partial charge in [-0.1, -0.05) is 13.3 Å². The van der Waals surface area contributed by atoms with Crippen LogP contribution in [0, 0.1) is 0 Å². The smallest absolute Gasteiger partial charge is 0.320 e. The molecule has 0 aromatic carbocycles. The first-order valence-corrected chi connectivity index (χ1v) is 5.83. The van der Waals surface area contributed by atoms with Crippen LogP contribution in [0.5, 0.6) is 0 Å². The van der Waals surface area contributed by atoms with Gasteiger partial charge in [0.15, 0.2) is 0 Å². The minimum atomic E-state index is -0.667. The van der Waals surface area contributed by atoms with Gasteiger partial charge in [-0.15, -0.1) is 0 Å². The van der Waals surface area contributed by atoms with E-state index in [9.17, 15) is 9.90 Å². The van der Waals surface area contributed by atoms with Crippen molar-refractivity contribution in [1.82, 2.24) is 10.2 Å². The average Bonchev–Trinajstić information content (AvgIpc) is 2.62. The fourth-order valence-corrected chi connectivity index (χ4v) is 2.43. The molecular formula is C11H22N2O2. The first-order valence-electron chi connectivity index (χ1n) is 5.83. The molecule has 0 saturated carbocycles. The van der Waals surface area contributed by atoms with Gasteiger partial charge in [-0.2, -0.15) is 0 Å². The second-order valence-corrected chi connectivity index (χ2v) is 4.23. The number of hydrogen-bond acceptors (Lipinski definition) is 3. The zero-order valence-electron chi connectivity index (χ0n) is 9.70. The summed E-state index contributed by atoms with van der Waals surface area (Å²) in [5.41, 5.74) is 0. The summed E-state index contributed by atoms with van der Waals surface area (Å²) in [6.45, 7) is 3.87. The predicted octanol–water partition coefficient (Wildman–Crippen LogP) is 0.924. The lowest BCUT2D eigenvalue weighted by Crippen LogP contribution is -2.47. The van der Waals surface area contributed by atoms with Crippen LogP contribution in [0.1, 0.15) is 32.6 Å². The van der Waals surface area contributed by atoms with Crippen LogP contribution in [0.25, 0.3) is 0 Å². The van der Waals surface area contributed by atoms with Crippen LogP contribution in [-0.2, 0) is 4.79 Å². The van der Waals surface area contributed by atoms with Crippen LogP contribution in [0.3, 0.4) is 0 Å². The van der Waals surface area contributed by atoms with Crippen molar-refractivity contribution in [3.05, 3.63) is 0 Å². The van der Waals surface area contributed by atoms with Crippen molar-refractivity contribution >= 4 is 5.97 Å². The second-order valence-electron chi connectivity index (χ2n) is 4.23. The van der Waals surface area contributed by atoms with Gasteiger partial charge in [-0.3, -0.25) is 9.69 Å². The van der Waals surface area contributed by atoms with Gasteiger partial charge in [-0.25, -0.2) is 0 Å². The number of carboxylic acids is 1. The fraction of sp³-hybridized carbons (Fsp3) is 0.909. The highest BCUT2D eigenvalue weighted by atomic mass is 16.4. The number of carbonyl (C=O) groups is 1. The van der Waals surface area contributed by atoms with E-state index in [2.05, 4.69) is 10.2 Å². The summed E-state index contributed by atoms with van der Waals surface area (Å²) in [5.74, 6) is -0.667. The molecule has 1 saturated heterocycles. The van der Waals surface area contributed by atoms with Crippen molar-refractivity contribution in [2.75, 3.05) is 20.1 Å². The Balaban J connectivity index is 2.60. The molecule has 4 nitrogen and oxygen atoms in total. The molecule has 0 amide bonds. The van der Waals surface area contributed by atoms with Crippen molar-refractivity contribution in [2.45, 2.75) is 44.7 Å². The standard InChI is InChI=1S/C11H22N2O2/c1-3-5-10(11(14)15)13-7-4-6-9(13)8-12-2/h9-10,12H,3-8H2,1-2H3,(H,14,15). The maximum absolute atomic E-state index is 11.2. The highest BCUT2D eigenvalue weighted by Gasteiger charge is 2.33. The first kappa shape index (κ1) is 12.5. The van der Waals surface area contributed by atoms with E-state index in [4.69, 9.17) is 0 Å². The lowest BCUT2D eigenvalue weighted by atomic mass is 10.1. The van der Waals surface area contributed by atoms with Crippen molar-refractivity contribution < 1.29 is 9.90 Å². The second kappa shape index (κ2) is 6.08. The molecule has 1 aliphatic rings. The van der Waals surface area contributed by atoms with Crippen molar-refractivity contribution in [2.24, 2.45) is 0 Å². The first-order chi connectivity index (χ1) is 7.20. The lowest BCUT2D eigenvalue weighted by Gasteiger charge is -2.30. The van der Waals surface area contributed by atoms with Gasteiger partial charge in [0.25, 0.3) is 0 Å². The Labute approximate surface area is 91.6 Å². The third-order valence-corrected chi connectivity index (χ3v) is 3.11. The zero-order chi connectivity index (χ0) is 11.3. The molecule has 2 unspecified atom stereocenters. The molecular weight excluding hydrogens is 192 g/mol. The van der Waals surface area contributed by atoms with Gasteiger partial charge in [0.05, 0.1) is 0 Å². The van der Waals surface area contributed by atoms with Crippen LogP contribution in [0.4, 0.5) is 0 Å². The number of nitrogens with one attached hydrogen (secondary N) is 1. The van der Waals surface area contributed by atoms with Crippen molar-refractivity contribution in [1.29, 1.82) is 0 Å². The third kappa shape index (κ3) is 3.18. The van der Waals surface area contributed by atoms with Crippen LogP contribution in [0.2, 0.25) is 0 Å². The summed E-state index contributed by atoms with van der Waals surface area (Å²) in [5, 5.41) is 12.3. The Hall–Kier alpha value is -0.610. The molecule has 1 aliphatic heterocycles. The van der Waals surface area contributed by atoms with E-state index in [0.717, 1.165) is 38.8 Å². The Morgan fingerprint density at radius 2 is 2.40 bits per heavy atom. The summed E-state index contributed by atoms with van der Waals surface area (Å²) < 4.78 is 0. The minimum Gasteiger partial charge on any atom is -0.480 e. The molecule has 0 aromatic heterocycles. The Morgan fingerprint density at radius 3 is 2.93 bits per heavy atom. The summed E-state index contributed by atoms with van der Waals surface area (Å²) in [6, 6.07) is 0.124. The molecule has 4 heteroatoms. The molecule has 0 aromatic rings. The molecule has 2 atom stereocenters. The van der Waals surface area contributed by atoms with E-state index in [1.54, 1.807) is 0 Å². The highest BCUT2D eigenvalue weighted by Crippen LogP contribution is 2.22. The largest absolute Gasteiger partial charge is 0.480 e. The zero-order valence-corrected chi connectivity index (χ0v) is 9.70. The maximum Gasteiger partial charge on any atom is 0.320 e. The Morgan fingerprint density at radius 1 is 1.67 bits per heavy atom. The molecule has 1 heterocycles. The SMILES string of the molecule is CCCC(C(=O)O)N1CCCC1CNC. The molecule has 0 bridgehead atoms. The van der Waals surface area contributed by atoms with Gasteiger partial charge in [-0.05, 0) is 32.9 Å². The van der Waals surface area contributed by atoms with Gasteiger partial charge in [0.1, 0.15) is 6.04 Å². The number of nitrogens with zero attached hydrogens (tertiary/aromatic N) is 1. The van der Waals surface area contributed by atoms with E-state index in [1.165, 1.54) is 0 Å². The highest BCUT2D eigenvalue weighted by molar-refractivity contribution is 5.73. The van der Waals surface area contributed by atoms with Crippen LogP contribution in [-0.4, -0.2) is 48.2 Å². The van der Waals surface area contributed by atoms with Crippen molar-refractivity contribution in [3.8, 4) is 0 Å². The topological polar surface area (TPSA) is 52.6 Å². The summed E-state index contributed by atoms with van der Waals surface area (Å²) >= 11 is 0. The Bertz CT molecular complexity index is 209. The molecule has 1 fully saturated rings. The van der Waals surface area contributed by atoms with Gasteiger partial charge >= 0.3 is 5.97 Å². The van der Waals surface area contributed by atoms with Gasteiger partial charge in [0.2, 0.25) is 0 Å². The fourth-order valence-electron chi connectivity index (χ4n) is 2.43. The number of hydrogen-bond donors (Lipinski definition) is 2. The molecule has 1 rings (SSSR count). The summed E-state index contributed by atoms with van der Waals surface area (Å²) in [6.07, 6.45) is 3.93. The van der Waals surface area contributed by atoms with E-state index < -0.39 is 5.97 Å². The number of likely N-dealkylation sites (N-methyl/N-ethyl adjacent to an activating group) is 1. The maximum atomic E-state index is 11.2. The number of carboxylic acid groups (broad SMARTS) is 1. The summed E-state index contributed by atoms with van der Waals surface area (Å²) in [7, 11) is 1.92. The third-order valence-electron chi connectivity index (χ3n) is 3.11. The van der Waals surface area contributed by atoms with Gasteiger partial charge in [0, 0.05) is 12.6 Å². The summed E-state index contributed by atoms with van der Waals surface area (Å²) in [4.78, 5) is 13.3. The lowest BCUT2D eigenvalue weighted by molar-refractivity contribution is -0.144. The monoisotopic (exact) mass is 214 g/mol. The number of likely N-dealkylation sites (tertiary alicyclic amines) is 1. The molecule has 0 spiro atoms. The molecule has 88 valence electrons. The van der Waals surface area contributed by atoms with Crippen LogP contribution in [0.15, 0.2) is 0 Å². The normalized spacial score (nSPS) is 24.3. The predicted molar refractivity (Wildman–Crippen MR) is 60.0 cm³/mol. The number of rotatable bonds is 6. The van der Waals surface area contributed by atoms with E-state index in [0.29, 0.717) is 6.04 Å².